The van der Waals surface area contributed by atoms with Crippen LogP contribution in [0.25, 0.3) is 22.2 Å². The molecule has 1 N–H and O–H groups in total. The summed E-state index contributed by atoms with van der Waals surface area (Å²) in [5, 5.41) is 2.36. The summed E-state index contributed by atoms with van der Waals surface area (Å²) in [4.78, 5) is 54.1. The number of nitrogens with one attached hydrogen (secondary N) is 1. The highest BCUT2D eigenvalue weighted by Crippen LogP contribution is 2.36. The molecule has 1 saturated carbocycles. The van der Waals surface area contributed by atoms with E-state index in [0.717, 1.165) is 68.5 Å². The van der Waals surface area contributed by atoms with Gasteiger partial charge in [0.05, 0.1) is 11.0 Å². The molecule has 3 aromatic rings. The summed E-state index contributed by atoms with van der Waals surface area (Å²) in [5.41, 5.74) is 4.16. The summed E-state index contributed by atoms with van der Waals surface area (Å²) in [6.07, 6.45) is 4.95. The molecule has 6 rings (SSSR count). The maximum Gasteiger partial charge on any atom is 0.410 e. The Morgan fingerprint density at radius 2 is 1.50 bits per heavy atom. The number of amides is 3. The van der Waals surface area contributed by atoms with Crippen molar-refractivity contribution in [2.75, 3.05) is 26.2 Å². The first-order valence-corrected chi connectivity index (χ1v) is 15.9. The van der Waals surface area contributed by atoms with E-state index in [2.05, 4.69) is 34.5 Å². The molecule has 3 aliphatic rings. The van der Waals surface area contributed by atoms with E-state index >= 15 is 0 Å². The molecule has 3 amide bonds. The Balaban J connectivity index is 1.08. The van der Waals surface area contributed by atoms with Crippen LogP contribution in [-0.4, -0.2) is 74.7 Å². The van der Waals surface area contributed by atoms with Gasteiger partial charge in [0.2, 0.25) is 11.8 Å². The van der Waals surface area contributed by atoms with Gasteiger partial charge in [0.1, 0.15) is 11.6 Å². The topological polar surface area (TPSA) is 106 Å². The molecular weight excluding hydrogens is 558 g/mol. The second-order valence-corrected chi connectivity index (χ2v) is 13.5. The van der Waals surface area contributed by atoms with Gasteiger partial charge in [-0.05, 0) is 87.6 Å². The van der Waals surface area contributed by atoms with Crippen molar-refractivity contribution in [2.24, 2.45) is 7.05 Å². The van der Waals surface area contributed by atoms with Crippen molar-refractivity contribution in [1.29, 1.82) is 0 Å². The maximum absolute atomic E-state index is 13.1. The Morgan fingerprint density at radius 1 is 0.841 bits per heavy atom. The molecule has 44 heavy (non-hydrogen) atoms. The highest BCUT2D eigenvalue weighted by Gasteiger charge is 2.33. The van der Waals surface area contributed by atoms with Crippen LogP contribution in [0, 0.1) is 0 Å². The summed E-state index contributed by atoms with van der Waals surface area (Å²) in [6.45, 7) is 8.95. The Kier molecular flexibility index (Phi) is 8.13. The Bertz CT molecular complexity index is 1620. The first-order chi connectivity index (χ1) is 21.0. The number of rotatable bonds is 4. The number of aromatic nitrogens is 2. The lowest BCUT2D eigenvalue weighted by Crippen LogP contribution is -2.53. The molecule has 1 atom stereocenters. The minimum absolute atomic E-state index is 0.209. The van der Waals surface area contributed by atoms with Gasteiger partial charge in [0.25, 0.3) is 0 Å². The number of benzene rings is 2. The average molecular weight is 602 g/mol. The molecule has 1 unspecified atom stereocenters. The van der Waals surface area contributed by atoms with E-state index in [4.69, 9.17) is 4.74 Å². The number of piperazine rings is 1. The van der Waals surface area contributed by atoms with Gasteiger partial charge in [-0.1, -0.05) is 30.3 Å². The van der Waals surface area contributed by atoms with Crippen LogP contribution in [0.4, 0.5) is 4.79 Å². The minimum Gasteiger partial charge on any atom is -0.444 e. The van der Waals surface area contributed by atoms with Crippen LogP contribution < -0.4 is 11.0 Å². The summed E-state index contributed by atoms with van der Waals surface area (Å²) in [5.74, 6) is -0.187. The van der Waals surface area contributed by atoms with E-state index in [-0.39, 0.29) is 24.1 Å². The fourth-order valence-electron chi connectivity index (χ4n) is 7.09. The van der Waals surface area contributed by atoms with E-state index in [9.17, 15) is 19.2 Å². The summed E-state index contributed by atoms with van der Waals surface area (Å²) < 4.78 is 8.64. The zero-order valence-corrected chi connectivity index (χ0v) is 26.2. The first-order valence-electron chi connectivity index (χ1n) is 15.9. The van der Waals surface area contributed by atoms with E-state index in [1.165, 1.54) is 10.1 Å². The third kappa shape index (κ3) is 6.04. The lowest BCUT2D eigenvalue weighted by atomic mass is 9.80. The number of carbonyl (C=O) groups is 3. The van der Waals surface area contributed by atoms with Crippen molar-refractivity contribution in [3.8, 4) is 11.1 Å². The lowest BCUT2D eigenvalue weighted by molar-refractivity contribution is -0.135. The van der Waals surface area contributed by atoms with Crippen LogP contribution in [0.3, 0.4) is 0 Å². The summed E-state index contributed by atoms with van der Waals surface area (Å²) in [6, 6.07) is 14.6. The number of imidazole rings is 1. The fraction of sp³-hybridized carbons (Fsp3) is 0.529. The van der Waals surface area contributed by atoms with Crippen LogP contribution in [0.5, 0.6) is 0 Å². The molecule has 10 heteroatoms. The van der Waals surface area contributed by atoms with Gasteiger partial charge < -0.3 is 9.64 Å². The van der Waals surface area contributed by atoms with E-state index in [0.29, 0.717) is 23.9 Å². The average Bonchev–Trinajstić information content (AvgIpc) is 3.25. The van der Waals surface area contributed by atoms with Crippen LogP contribution in [0.15, 0.2) is 47.3 Å². The fourth-order valence-corrected chi connectivity index (χ4v) is 7.09. The Morgan fingerprint density at radius 3 is 2.14 bits per heavy atom. The molecule has 2 aliphatic heterocycles. The van der Waals surface area contributed by atoms with Gasteiger partial charge in [-0.2, -0.15) is 0 Å². The number of piperidine rings is 1. The second-order valence-electron chi connectivity index (χ2n) is 13.5. The van der Waals surface area contributed by atoms with Gasteiger partial charge >= 0.3 is 11.8 Å². The number of nitrogens with zero attached hydrogens (tertiary/aromatic N) is 4. The molecule has 1 aromatic heterocycles. The van der Waals surface area contributed by atoms with Gasteiger partial charge in [-0.15, -0.1) is 0 Å². The van der Waals surface area contributed by atoms with Crippen molar-refractivity contribution < 1.29 is 19.1 Å². The van der Waals surface area contributed by atoms with Crippen molar-refractivity contribution in [2.45, 2.75) is 82.9 Å². The number of hydrogen-bond donors (Lipinski definition) is 1. The Labute approximate surface area is 257 Å². The lowest BCUT2D eigenvalue weighted by Gasteiger charge is -2.42. The number of imide groups is 1. The highest BCUT2D eigenvalue weighted by atomic mass is 16.6. The van der Waals surface area contributed by atoms with Crippen molar-refractivity contribution in [3.63, 3.8) is 0 Å². The predicted molar refractivity (Wildman–Crippen MR) is 168 cm³/mol. The van der Waals surface area contributed by atoms with Crippen molar-refractivity contribution in [3.05, 3.63) is 58.5 Å². The molecular formula is C34H43N5O5. The quantitative estimate of drug-likeness (QED) is 0.440. The van der Waals surface area contributed by atoms with E-state index < -0.39 is 17.6 Å². The molecule has 0 spiro atoms. The van der Waals surface area contributed by atoms with Crippen LogP contribution in [0.2, 0.25) is 0 Å². The number of hydrogen-bond acceptors (Lipinski definition) is 6. The molecule has 234 valence electrons. The van der Waals surface area contributed by atoms with Crippen molar-refractivity contribution in [1.82, 2.24) is 24.3 Å². The smallest absolute Gasteiger partial charge is 0.410 e. The Hall–Kier alpha value is -3.92. The third-order valence-electron chi connectivity index (χ3n) is 9.51. The standard InChI is InChI=1S/C34H43N5O5/c1-34(2,3)44-33(43)38-19-17-37(18-20-38)26-12-9-23(10-13-26)22-5-7-24(8-6-22)25-11-14-27-29(21-25)36(4)32(42)39(27)28-15-16-30(40)35-31(28)41/h5-8,11,14,21,23,26,28H,9-10,12-13,15-20H2,1-4H3,(H,35,40,41). The largest absolute Gasteiger partial charge is 0.444 e. The van der Waals surface area contributed by atoms with Gasteiger partial charge in [-0.25, -0.2) is 9.59 Å². The molecule has 2 saturated heterocycles. The predicted octanol–water partition coefficient (Wildman–Crippen LogP) is 4.56. The second kappa shape index (κ2) is 11.9. The minimum atomic E-state index is -0.689. The first kappa shape index (κ1) is 30.1. The van der Waals surface area contributed by atoms with Crippen LogP contribution in [0.1, 0.15) is 76.8 Å². The number of aryl methyl sites for hydroxylation is 1. The SMILES string of the molecule is Cn1c(=O)n(C2CCC(=O)NC2=O)c2ccc(-c3ccc(C4CCC(N5CCN(C(=O)OC(C)(C)C)CC5)CC4)cc3)cc21. The number of fused-ring (bicyclic) bond motifs is 1. The maximum atomic E-state index is 13.1. The van der Waals surface area contributed by atoms with Gasteiger partial charge in [0.15, 0.2) is 0 Å². The van der Waals surface area contributed by atoms with Crippen molar-refractivity contribution >= 4 is 28.9 Å². The third-order valence-corrected chi connectivity index (χ3v) is 9.51. The molecule has 0 bridgehead atoms. The highest BCUT2D eigenvalue weighted by molar-refractivity contribution is 6.00. The summed E-state index contributed by atoms with van der Waals surface area (Å²) >= 11 is 0. The van der Waals surface area contributed by atoms with Gasteiger partial charge in [0, 0.05) is 45.7 Å². The monoisotopic (exact) mass is 601 g/mol. The number of carbonyl (C=O) groups excluding carboxylic acids is 3. The number of ether oxygens (including phenoxy) is 1. The molecule has 3 fully saturated rings. The molecule has 10 nitrogen and oxygen atoms in total. The zero-order chi connectivity index (χ0) is 31.2. The molecule has 1 aliphatic carbocycles. The molecule has 3 heterocycles. The van der Waals surface area contributed by atoms with Gasteiger partial charge in [-0.3, -0.25) is 28.9 Å². The summed E-state index contributed by atoms with van der Waals surface area (Å²) in [7, 11) is 1.72. The zero-order valence-electron chi connectivity index (χ0n) is 26.2. The van der Waals surface area contributed by atoms with Crippen LogP contribution >= 0.6 is 0 Å². The van der Waals surface area contributed by atoms with Crippen LogP contribution in [-0.2, 0) is 21.4 Å². The molecule has 2 aromatic carbocycles. The molecule has 0 radical (unpaired) electrons. The van der Waals surface area contributed by atoms with E-state index in [1.54, 1.807) is 11.6 Å². The van der Waals surface area contributed by atoms with E-state index in [1.807, 2.05) is 43.9 Å². The normalized spacial score (nSPS) is 23.5.